The van der Waals surface area contributed by atoms with Crippen LogP contribution in [0.15, 0.2) is 111 Å². The predicted molar refractivity (Wildman–Crippen MR) is 158 cm³/mol. The van der Waals surface area contributed by atoms with E-state index in [9.17, 15) is 21.8 Å². The molecule has 4 aromatic carbocycles. The summed E-state index contributed by atoms with van der Waals surface area (Å²) in [6, 6.07) is 28.7. The van der Waals surface area contributed by atoms with Crippen LogP contribution in [0.2, 0.25) is 0 Å². The molecule has 0 fully saturated rings. The Morgan fingerprint density at radius 2 is 1.10 bits per heavy atom. The highest BCUT2D eigenvalue weighted by Gasteiger charge is 2.35. The molecule has 3 nitrogen and oxygen atoms in total. The van der Waals surface area contributed by atoms with Crippen molar-refractivity contribution >= 4 is 21.0 Å². The van der Waals surface area contributed by atoms with Crippen LogP contribution < -0.4 is 0 Å². The first-order chi connectivity index (χ1) is 18.8. The van der Waals surface area contributed by atoms with E-state index in [1.165, 1.54) is 31.4 Å². The van der Waals surface area contributed by atoms with E-state index < -0.39 is 26.6 Å². The molecular weight excluding hydrogens is 546 g/mol. The second-order valence-electron chi connectivity index (χ2n) is 10.5. The number of rotatable bonds is 7. The average Bonchev–Trinajstić information content (AvgIpc) is 2.89. The van der Waals surface area contributed by atoms with Crippen LogP contribution in [-0.2, 0) is 21.0 Å². The van der Waals surface area contributed by atoms with Crippen molar-refractivity contribution in [1.29, 1.82) is 0 Å². The molecule has 4 rings (SSSR count). The van der Waals surface area contributed by atoms with Gasteiger partial charge >= 0.3 is 0 Å². The third-order valence-corrected chi connectivity index (χ3v) is 9.64. The first kappa shape index (κ1) is 31.5. The van der Waals surface area contributed by atoms with Gasteiger partial charge in [-0.3, -0.25) is 0 Å². The molecule has 0 unspecified atom stereocenters. The molecule has 212 valence electrons. The Bertz CT molecular complexity index is 1450. The van der Waals surface area contributed by atoms with Crippen molar-refractivity contribution in [2.24, 2.45) is 0 Å². The normalized spacial score (nSPS) is 11.7. The minimum atomic E-state index is -4.84. The molecule has 40 heavy (non-hydrogen) atoms. The molecule has 0 spiro atoms. The average molecular weight is 583 g/mol. The van der Waals surface area contributed by atoms with Crippen LogP contribution in [-0.4, -0.2) is 13.0 Å². The summed E-state index contributed by atoms with van der Waals surface area (Å²) in [5, 5.41) is 0. The van der Waals surface area contributed by atoms with Gasteiger partial charge in [0.25, 0.3) is 0 Å². The Morgan fingerprint density at radius 1 is 0.650 bits per heavy atom. The maximum absolute atomic E-state index is 12.5. The van der Waals surface area contributed by atoms with Crippen LogP contribution in [0, 0.1) is 11.6 Å². The van der Waals surface area contributed by atoms with Crippen molar-refractivity contribution in [1.82, 2.24) is 0 Å². The summed E-state index contributed by atoms with van der Waals surface area (Å²) in [5.41, 5.74) is 4.47. The Kier molecular flexibility index (Phi) is 10.7. The Morgan fingerprint density at radius 3 is 1.45 bits per heavy atom. The van der Waals surface area contributed by atoms with Crippen molar-refractivity contribution in [2.45, 2.75) is 78.9 Å². The second-order valence-corrected chi connectivity index (χ2v) is 13.8. The molecule has 0 aliphatic heterocycles. The highest BCUT2D eigenvalue weighted by molar-refractivity contribution is 7.97. The predicted octanol–water partition coefficient (Wildman–Crippen LogP) is 9.02. The Balaban J connectivity index is 0.000000307. The fraction of sp³-hybridized carbons (Fsp3) is 0.273. The van der Waals surface area contributed by atoms with Gasteiger partial charge in [-0.2, -0.15) is 0 Å². The first-order valence-electron chi connectivity index (χ1n) is 13.2. The lowest BCUT2D eigenvalue weighted by molar-refractivity contribution is 0.453. The van der Waals surface area contributed by atoms with E-state index in [1.54, 1.807) is 0 Å². The second kappa shape index (κ2) is 13.6. The molecule has 0 radical (unpaired) electrons. The van der Waals surface area contributed by atoms with E-state index in [0.29, 0.717) is 36.0 Å². The number of hydrogen-bond donors (Lipinski definition) is 0. The topological polar surface area (TPSA) is 57.2 Å². The molecule has 0 amide bonds. The van der Waals surface area contributed by atoms with Crippen molar-refractivity contribution in [2.75, 3.05) is 0 Å². The zero-order chi connectivity index (χ0) is 29.6. The molecule has 4 aromatic rings. The van der Waals surface area contributed by atoms with E-state index in [2.05, 4.69) is 114 Å². The highest BCUT2D eigenvalue weighted by atomic mass is 32.2. The van der Waals surface area contributed by atoms with Crippen LogP contribution in [0.4, 0.5) is 8.78 Å². The molecule has 0 saturated carbocycles. The minimum absolute atomic E-state index is 0.100. The van der Waals surface area contributed by atoms with Gasteiger partial charge in [-0.25, -0.2) is 17.2 Å². The van der Waals surface area contributed by atoms with E-state index in [0.717, 1.165) is 0 Å². The van der Waals surface area contributed by atoms with Crippen molar-refractivity contribution in [3.63, 3.8) is 0 Å². The number of benzene rings is 4. The van der Waals surface area contributed by atoms with E-state index >= 15 is 0 Å². The van der Waals surface area contributed by atoms with Crippen LogP contribution in [0.25, 0.3) is 0 Å². The lowest BCUT2D eigenvalue weighted by atomic mass is 9.89. The third-order valence-electron chi connectivity index (χ3n) is 6.40. The van der Waals surface area contributed by atoms with Crippen LogP contribution in [0.1, 0.15) is 76.0 Å². The van der Waals surface area contributed by atoms with E-state index in [1.807, 2.05) is 0 Å². The van der Waals surface area contributed by atoms with Gasteiger partial charge in [0.2, 0.25) is 0 Å². The molecule has 0 aliphatic rings. The molecular formula is C33H36F2O3S2. The molecule has 0 N–H and O–H groups in total. The maximum Gasteiger partial charge on any atom is 0.173 e. The Hall–Kier alpha value is -3.00. The summed E-state index contributed by atoms with van der Waals surface area (Å²) in [4.78, 5) is 3.29. The largest absolute Gasteiger partial charge is 0.744 e. The lowest BCUT2D eigenvalue weighted by Crippen LogP contribution is -2.14. The fourth-order valence-corrected chi connectivity index (χ4v) is 7.48. The van der Waals surface area contributed by atoms with Gasteiger partial charge in [0, 0.05) is 17.2 Å². The number of hydrogen-bond acceptors (Lipinski definition) is 3. The van der Waals surface area contributed by atoms with Crippen molar-refractivity contribution < 1.29 is 21.8 Å². The first-order valence-corrected chi connectivity index (χ1v) is 15.9. The summed E-state index contributed by atoms with van der Waals surface area (Å²) < 4.78 is 55.5. The SMILES string of the molecule is CC(C)c1cc(C(C)C)c([S+](c2ccccc2)c2ccccc2)c(C(C)C)c1.O=S(=O)([O-])c1ccc(F)cc1F. The van der Waals surface area contributed by atoms with Gasteiger partial charge in [-0.05, 0) is 59.7 Å². The van der Waals surface area contributed by atoms with Crippen LogP contribution >= 0.6 is 0 Å². The standard InChI is InChI=1S/C27H33S.C6H4F2O3S/c1-19(2)22-17-25(20(3)4)27(26(18-22)21(5)6)28(23-13-9-7-10-14-23)24-15-11-8-12-16-24;7-4-1-2-6(5(8)3-4)12(9,10)11/h7-21H,1-6H3;1-3H,(H,9,10,11)/q+1;/p-1. The van der Waals surface area contributed by atoms with Crippen LogP contribution in [0.5, 0.6) is 0 Å². The zero-order valence-electron chi connectivity index (χ0n) is 23.7. The maximum atomic E-state index is 12.5. The van der Waals surface area contributed by atoms with E-state index in [4.69, 9.17) is 0 Å². The summed E-state index contributed by atoms with van der Waals surface area (Å²) in [5.74, 6) is -0.772. The molecule has 0 aliphatic carbocycles. The molecule has 0 aromatic heterocycles. The molecule has 0 atom stereocenters. The van der Waals surface area contributed by atoms with Gasteiger partial charge in [-0.15, -0.1) is 0 Å². The van der Waals surface area contributed by atoms with Crippen molar-refractivity contribution in [3.05, 3.63) is 119 Å². The van der Waals surface area contributed by atoms with Gasteiger partial charge in [-0.1, -0.05) is 90.1 Å². The fourth-order valence-electron chi connectivity index (χ4n) is 4.29. The van der Waals surface area contributed by atoms with Gasteiger partial charge in [0.15, 0.2) is 14.7 Å². The van der Waals surface area contributed by atoms with Gasteiger partial charge < -0.3 is 4.55 Å². The molecule has 7 heteroatoms. The lowest BCUT2D eigenvalue weighted by Gasteiger charge is -2.22. The number of halogens is 2. The van der Waals surface area contributed by atoms with Crippen molar-refractivity contribution in [3.8, 4) is 0 Å². The minimum Gasteiger partial charge on any atom is -0.744 e. The summed E-state index contributed by atoms with van der Waals surface area (Å²) in [6.45, 7) is 14.0. The molecule has 0 bridgehead atoms. The summed E-state index contributed by atoms with van der Waals surface area (Å²) >= 11 is 0. The van der Waals surface area contributed by atoms with Gasteiger partial charge in [0.1, 0.15) is 21.8 Å². The molecule has 0 heterocycles. The highest BCUT2D eigenvalue weighted by Crippen LogP contribution is 2.42. The smallest absolute Gasteiger partial charge is 0.173 e. The van der Waals surface area contributed by atoms with E-state index in [-0.39, 0.29) is 10.9 Å². The van der Waals surface area contributed by atoms with Gasteiger partial charge in [0.05, 0.1) is 15.8 Å². The summed E-state index contributed by atoms with van der Waals surface area (Å²) in [6.07, 6.45) is 0. The summed E-state index contributed by atoms with van der Waals surface area (Å²) in [7, 11) is -4.94. The quantitative estimate of drug-likeness (QED) is 0.161. The monoisotopic (exact) mass is 582 g/mol. The molecule has 0 saturated heterocycles. The van der Waals surface area contributed by atoms with Crippen LogP contribution in [0.3, 0.4) is 0 Å². The zero-order valence-corrected chi connectivity index (χ0v) is 25.3. The Labute approximate surface area is 240 Å². The third kappa shape index (κ3) is 7.80.